The van der Waals surface area contributed by atoms with Gasteiger partial charge in [0.05, 0.1) is 10.8 Å². The van der Waals surface area contributed by atoms with Gasteiger partial charge in [0, 0.05) is 25.8 Å². The van der Waals surface area contributed by atoms with Gasteiger partial charge < -0.3 is 10.6 Å². The number of rotatable bonds is 4. The van der Waals surface area contributed by atoms with Crippen LogP contribution in [0.25, 0.3) is 0 Å². The lowest BCUT2D eigenvalue weighted by molar-refractivity contribution is -0.120. The van der Waals surface area contributed by atoms with Crippen LogP contribution in [-0.4, -0.2) is 45.3 Å². The summed E-state index contributed by atoms with van der Waals surface area (Å²) in [4.78, 5) is 12.4. The fourth-order valence-corrected chi connectivity index (χ4v) is 3.35. The van der Waals surface area contributed by atoms with Crippen LogP contribution in [0.5, 0.6) is 0 Å². The lowest BCUT2D eigenvalue weighted by atomic mass is 10.0. The Kier molecular flexibility index (Phi) is 4.65. The van der Waals surface area contributed by atoms with Crippen molar-refractivity contribution < 1.29 is 13.2 Å². The Morgan fingerprint density at radius 1 is 1.38 bits per heavy atom. The predicted molar refractivity (Wildman–Crippen MR) is 81.5 cm³/mol. The molecule has 0 radical (unpaired) electrons. The molecule has 7 heteroatoms. The zero-order chi connectivity index (χ0) is 15.6. The first-order valence-electron chi connectivity index (χ1n) is 6.89. The number of carbonyl (C=O) groups is 1. The second kappa shape index (κ2) is 6.13. The highest BCUT2D eigenvalue weighted by Crippen LogP contribution is 2.21. The van der Waals surface area contributed by atoms with Crippen molar-refractivity contribution in [2.24, 2.45) is 5.92 Å². The minimum atomic E-state index is -3.50. The molecule has 1 aliphatic rings. The molecule has 21 heavy (non-hydrogen) atoms. The van der Waals surface area contributed by atoms with Crippen LogP contribution in [0.2, 0.25) is 0 Å². The zero-order valence-corrected chi connectivity index (χ0v) is 13.3. The van der Waals surface area contributed by atoms with Crippen molar-refractivity contribution in [3.05, 3.63) is 24.3 Å². The van der Waals surface area contributed by atoms with Crippen molar-refractivity contribution in [1.29, 1.82) is 0 Å². The molecule has 2 N–H and O–H groups in total. The minimum absolute atomic E-state index is 0.0769. The summed E-state index contributed by atoms with van der Waals surface area (Å²) in [5, 5.41) is 6.03. The second-order valence-corrected chi connectivity index (χ2v) is 7.59. The SMILES string of the molecule is CC1NCCC1C(=O)Nc1cccc(S(=O)(=O)N(C)C)c1. The van der Waals surface area contributed by atoms with Crippen molar-refractivity contribution in [3.63, 3.8) is 0 Å². The molecule has 1 amide bonds. The maximum absolute atomic E-state index is 12.2. The highest BCUT2D eigenvalue weighted by molar-refractivity contribution is 7.89. The molecule has 0 spiro atoms. The summed E-state index contributed by atoms with van der Waals surface area (Å²) < 4.78 is 25.3. The summed E-state index contributed by atoms with van der Waals surface area (Å²) in [5.41, 5.74) is 0.502. The number of anilines is 1. The van der Waals surface area contributed by atoms with E-state index in [4.69, 9.17) is 0 Å². The molecule has 0 bridgehead atoms. The molecular weight excluding hydrogens is 290 g/mol. The van der Waals surface area contributed by atoms with Gasteiger partial charge in [-0.05, 0) is 38.1 Å². The van der Waals surface area contributed by atoms with Crippen molar-refractivity contribution in [3.8, 4) is 0 Å². The monoisotopic (exact) mass is 311 g/mol. The highest BCUT2D eigenvalue weighted by Gasteiger charge is 2.29. The molecule has 0 saturated carbocycles. The Balaban J connectivity index is 2.17. The van der Waals surface area contributed by atoms with Crippen LogP contribution in [0.15, 0.2) is 29.2 Å². The minimum Gasteiger partial charge on any atom is -0.326 e. The molecule has 6 nitrogen and oxygen atoms in total. The smallest absolute Gasteiger partial charge is 0.242 e. The largest absolute Gasteiger partial charge is 0.326 e. The Morgan fingerprint density at radius 3 is 2.67 bits per heavy atom. The molecule has 2 unspecified atom stereocenters. The summed E-state index contributed by atoms with van der Waals surface area (Å²) in [6, 6.07) is 6.46. The number of amides is 1. The maximum Gasteiger partial charge on any atom is 0.242 e. The third kappa shape index (κ3) is 3.42. The molecule has 1 fully saturated rings. The third-order valence-corrected chi connectivity index (χ3v) is 5.55. The molecule has 2 atom stereocenters. The van der Waals surface area contributed by atoms with E-state index < -0.39 is 10.0 Å². The highest BCUT2D eigenvalue weighted by atomic mass is 32.2. The molecule has 2 rings (SSSR count). The van der Waals surface area contributed by atoms with Gasteiger partial charge in [0.15, 0.2) is 0 Å². The molecular formula is C14H21N3O3S. The second-order valence-electron chi connectivity index (χ2n) is 5.44. The lowest BCUT2D eigenvalue weighted by Gasteiger charge is -2.16. The van der Waals surface area contributed by atoms with E-state index in [0.29, 0.717) is 5.69 Å². The number of nitrogens with zero attached hydrogens (tertiary/aromatic N) is 1. The molecule has 1 saturated heterocycles. The number of hydrogen-bond acceptors (Lipinski definition) is 4. The topological polar surface area (TPSA) is 78.5 Å². The van der Waals surface area contributed by atoms with E-state index in [1.165, 1.54) is 26.2 Å². The van der Waals surface area contributed by atoms with Gasteiger partial charge in [0.25, 0.3) is 0 Å². The van der Waals surface area contributed by atoms with Crippen molar-refractivity contribution in [1.82, 2.24) is 9.62 Å². The van der Waals surface area contributed by atoms with Crippen LogP contribution in [0.1, 0.15) is 13.3 Å². The Hall–Kier alpha value is -1.44. The van der Waals surface area contributed by atoms with Gasteiger partial charge in [0.2, 0.25) is 15.9 Å². The predicted octanol–water partition coefficient (Wildman–Crippen LogP) is 0.873. The summed E-state index contributed by atoms with van der Waals surface area (Å²) in [6.45, 7) is 2.80. The Labute approximate surface area is 125 Å². The van der Waals surface area contributed by atoms with Crippen LogP contribution in [-0.2, 0) is 14.8 Å². The van der Waals surface area contributed by atoms with Crippen molar-refractivity contribution in [2.45, 2.75) is 24.3 Å². The average Bonchev–Trinajstić information content (AvgIpc) is 2.85. The van der Waals surface area contributed by atoms with Gasteiger partial charge in [-0.25, -0.2) is 12.7 Å². The number of hydrogen-bond donors (Lipinski definition) is 2. The number of benzene rings is 1. The summed E-state index contributed by atoms with van der Waals surface area (Å²) >= 11 is 0. The van der Waals surface area contributed by atoms with Gasteiger partial charge in [-0.15, -0.1) is 0 Å². The normalized spacial score (nSPS) is 22.5. The molecule has 116 valence electrons. The van der Waals surface area contributed by atoms with Crippen LogP contribution in [0.3, 0.4) is 0 Å². The van der Waals surface area contributed by atoms with E-state index in [2.05, 4.69) is 10.6 Å². The van der Waals surface area contributed by atoms with Gasteiger partial charge >= 0.3 is 0 Å². The van der Waals surface area contributed by atoms with E-state index in [0.717, 1.165) is 17.3 Å². The number of nitrogens with one attached hydrogen (secondary N) is 2. The van der Waals surface area contributed by atoms with Crippen molar-refractivity contribution >= 4 is 21.6 Å². The first-order chi connectivity index (χ1) is 9.82. The van der Waals surface area contributed by atoms with Gasteiger partial charge in [-0.2, -0.15) is 0 Å². The quantitative estimate of drug-likeness (QED) is 0.865. The van der Waals surface area contributed by atoms with Crippen LogP contribution >= 0.6 is 0 Å². The van der Waals surface area contributed by atoms with E-state index >= 15 is 0 Å². The molecule has 0 aliphatic carbocycles. The summed E-state index contributed by atoms with van der Waals surface area (Å²) in [7, 11) is -0.538. The van der Waals surface area contributed by atoms with Gasteiger partial charge in [0.1, 0.15) is 0 Å². The van der Waals surface area contributed by atoms with Crippen LogP contribution < -0.4 is 10.6 Å². The number of carbonyl (C=O) groups excluding carboxylic acids is 1. The van der Waals surface area contributed by atoms with Crippen LogP contribution in [0, 0.1) is 5.92 Å². The summed E-state index contributed by atoms with van der Waals surface area (Å²) in [6.07, 6.45) is 0.794. The molecule has 1 aliphatic heterocycles. The molecule has 1 aromatic rings. The first-order valence-corrected chi connectivity index (χ1v) is 8.33. The fourth-order valence-electron chi connectivity index (χ4n) is 2.40. The lowest BCUT2D eigenvalue weighted by Crippen LogP contribution is -2.32. The average molecular weight is 311 g/mol. The maximum atomic E-state index is 12.2. The number of sulfonamides is 1. The Morgan fingerprint density at radius 2 is 2.10 bits per heavy atom. The standard InChI is InChI=1S/C14H21N3O3S/c1-10-13(7-8-15-10)14(18)16-11-5-4-6-12(9-11)21(19,20)17(2)3/h4-6,9-10,13,15H,7-8H2,1-3H3,(H,16,18). The van der Waals surface area contributed by atoms with E-state index in [-0.39, 0.29) is 22.8 Å². The zero-order valence-electron chi connectivity index (χ0n) is 12.5. The first kappa shape index (κ1) is 15.9. The third-order valence-electron chi connectivity index (χ3n) is 3.74. The summed E-state index contributed by atoms with van der Waals surface area (Å²) in [5.74, 6) is -0.161. The van der Waals surface area contributed by atoms with Gasteiger partial charge in [-0.1, -0.05) is 6.07 Å². The van der Waals surface area contributed by atoms with E-state index in [1.54, 1.807) is 12.1 Å². The van der Waals surface area contributed by atoms with E-state index in [9.17, 15) is 13.2 Å². The molecule has 1 heterocycles. The van der Waals surface area contributed by atoms with Crippen molar-refractivity contribution in [2.75, 3.05) is 26.0 Å². The fraction of sp³-hybridized carbons (Fsp3) is 0.500. The molecule has 0 aromatic heterocycles. The molecule has 1 aromatic carbocycles. The van der Waals surface area contributed by atoms with E-state index in [1.807, 2.05) is 6.92 Å². The van der Waals surface area contributed by atoms with Crippen LogP contribution in [0.4, 0.5) is 5.69 Å². The van der Waals surface area contributed by atoms with Gasteiger partial charge in [-0.3, -0.25) is 4.79 Å². The Bertz CT molecular complexity index is 628.